The molecule has 0 fully saturated rings. The summed E-state index contributed by atoms with van der Waals surface area (Å²) in [4.78, 5) is 12.4. The van der Waals surface area contributed by atoms with E-state index in [1.807, 2.05) is 20.9 Å². The van der Waals surface area contributed by atoms with Crippen molar-refractivity contribution in [2.45, 2.75) is 26.7 Å². The molecular weight excluding hydrogens is 264 g/mol. The minimum absolute atomic E-state index is 0.0305. The van der Waals surface area contributed by atoms with E-state index in [1.54, 1.807) is 22.6 Å². The van der Waals surface area contributed by atoms with Crippen LogP contribution in [0.5, 0.6) is 0 Å². The van der Waals surface area contributed by atoms with E-state index in [0.717, 1.165) is 23.4 Å². The first-order chi connectivity index (χ1) is 8.93. The van der Waals surface area contributed by atoms with Crippen LogP contribution >= 0.6 is 11.6 Å². The molecule has 0 unspecified atom stereocenters. The number of nitrogens with zero attached hydrogens (tertiary/aromatic N) is 4. The van der Waals surface area contributed by atoms with E-state index in [4.69, 9.17) is 11.6 Å². The van der Waals surface area contributed by atoms with Crippen molar-refractivity contribution in [3.8, 4) is 0 Å². The first-order valence-corrected chi connectivity index (χ1v) is 6.55. The Hall–Kier alpha value is -1.62. The molecule has 0 spiro atoms. The monoisotopic (exact) mass is 280 g/mol. The van der Waals surface area contributed by atoms with Gasteiger partial charge in [-0.15, -0.1) is 0 Å². The fourth-order valence-corrected chi connectivity index (χ4v) is 2.40. The summed E-state index contributed by atoms with van der Waals surface area (Å²) in [5, 5.41) is 9.02. The van der Waals surface area contributed by atoms with E-state index >= 15 is 0 Å². The minimum Gasteiger partial charge on any atom is -0.294 e. The fraction of sp³-hybridized carbons (Fsp3) is 0.462. The molecule has 0 N–H and O–H groups in total. The number of aromatic nitrogens is 4. The van der Waals surface area contributed by atoms with Gasteiger partial charge in [0, 0.05) is 32.3 Å². The lowest BCUT2D eigenvalue weighted by Crippen LogP contribution is -2.06. The molecule has 0 aliphatic rings. The number of aryl methyl sites for hydroxylation is 4. The Labute approximate surface area is 117 Å². The van der Waals surface area contributed by atoms with Crippen LogP contribution in [0.15, 0.2) is 6.20 Å². The average molecular weight is 281 g/mol. The van der Waals surface area contributed by atoms with Crippen molar-refractivity contribution in [3.63, 3.8) is 0 Å². The Morgan fingerprint density at radius 2 is 2.05 bits per heavy atom. The second-order valence-corrected chi connectivity index (χ2v) is 4.95. The van der Waals surface area contributed by atoms with Crippen molar-refractivity contribution in [2.24, 2.45) is 14.1 Å². The molecule has 19 heavy (non-hydrogen) atoms. The van der Waals surface area contributed by atoms with Crippen LogP contribution in [0.1, 0.15) is 34.2 Å². The number of hydrogen-bond donors (Lipinski definition) is 0. The van der Waals surface area contributed by atoms with Gasteiger partial charge in [0.2, 0.25) is 0 Å². The molecule has 0 saturated carbocycles. The van der Waals surface area contributed by atoms with Gasteiger partial charge in [-0.2, -0.15) is 10.2 Å². The quantitative estimate of drug-likeness (QED) is 0.806. The first kappa shape index (κ1) is 13.8. The highest BCUT2D eigenvalue weighted by Crippen LogP contribution is 2.21. The lowest BCUT2D eigenvalue weighted by atomic mass is 10.0. The predicted octanol–water partition coefficient (Wildman–Crippen LogP) is 2.10. The molecule has 2 aromatic heterocycles. The molecule has 0 saturated heterocycles. The molecule has 0 aliphatic carbocycles. The maximum atomic E-state index is 12.4. The summed E-state index contributed by atoms with van der Waals surface area (Å²) in [7, 11) is 3.59. The normalized spacial score (nSPS) is 11.0. The van der Waals surface area contributed by atoms with Gasteiger partial charge in [-0.05, 0) is 13.3 Å². The van der Waals surface area contributed by atoms with Gasteiger partial charge in [-0.1, -0.05) is 18.5 Å². The van der Waals surface area contributed by atoms with Gasteiger partial charge in [0.1, 0.15) is 5.15 Å². The van der Waals surface area contributed by atoms with Crippen LogP contribution in [0.3, 0.4) is 0 Å². The molecular formula is C13H17ClN4O. The first-order valence-electron chi connectivity index (χ1n) is 6.17. The molecule has 2 heterocycles. The van der Waals surface area contributed by atoms with E-state index < -0.39 is 0 Å². The average Bonchev–Trinajstić information content (AvgIpc) is 2.85. The lowest BCUT2D eigenvalue weighted by molar-refractivity contribution is 0.0992. The van der Waals surface area contributed by atoms with E-state index in [2.05, 4.69) is 10.2 Å². The molecule has 0 aromatic carbocycles. The molecule has 102 valence electrons. The predicted molar refractivity (Wildman–Crippen MR) is 73.6 cm³/mol. The van der Waals surface area contributed by atoms with Gasteiger partial charge < -0.3 is 0 Å². The molecule has 2 rings (SSSR count). The Bertz CT molecular complexity index is 627. The molecule has 0 bridgehead atoms. The summed E-state index contributed by atoms with van der Waals surface area (Å²) in [6, 6.07) is 0. The van der Waals surface area contributed by atoms with E-state index in [-0.39, 0.29) is 12.2 Å². The second kappa shape index (κ2) is 5.17. The molecule has 6 heteroatoms. The number of hydrogen-bond acceptors (Lipinski definition) is 3. The molecule has 2 aromatic rings. The van der Waals surface area contributed by atoms with Gasteiger partial charge in [0.05, 0.1) is 17.0 Å². The van der Waals surface area contributed by atoms with Crippen LogP contribution in [0, 0.1) is 6.92 Å². The highest BCUT2D eigenvalue weighted by Gasteiger charge is 2.19. The van der Waals surface area contributed by atoms with Gasteiger partial charge in [0.25, 0.3) is 0 Å². The third-order valence-electron chi connectivity index (χ3n) is 3.15. The van der Waals surface area contributed by atoms with Crippen molar-refractivity contribution < 1.29 is 4.79 Å². The molecule has 0 radical (unpaired) electrons. The largest absolute Gasteiger partial charge is 0.294 e. The fourth-order valence-electron chi connectivity index (χ4n) is 2.16. The number of ketones is 1. The lowest BCUT2D eigenvalue weighted by Gasteiger charge is -2.00. The zero-order chi connectivity index (χ0) is 14.2. The second-order valence-electron chi connectivity index (χ2n) is 4.60. The molecule has 5 nitrogen and oxygen atoms in total. The topological polar surface area (TPSA) is 52.7 Å². The van der Waals surface area contributed by atoms with Crippen molar-refractivity contribution in [3.05, 3.63) is 33.9 Å². The Kier molecular flexibility index (Phi) is 3.75. The number of carbonyl (C=O) groups is 1. The summed E-state index contributed by atoms with van der Waals surface area (Å²) < 4.78 is 3.26. The maximum absolute atomic E-state index is 12.4. The third-order valence-corrected chi connectivity index (χ3v) is 3.62. The van der Waals surface area contributed by atoms with Gasteiger partial charge in [-0.3, -0.25) is 14.2 Å². The van der Waals surface area contributed by atoms with E-state index in [1.165, 1.54) is 0 Å². The van der Waals surface area contributed by atoms with Crippen LogP contribution in [0.4, 0.5) is 0 Å². The van der Waals surface area contributed by atoms with Gasteiger partial charge in [-0.25, -0.2) is 0 Å². The minimum atomic E-state index is 0.0305. The standard InChI is InChI=1S/C13H17ClN4O/c1-5-11-10(7-17(3)16-11)12(19)6-9-8(2)15-18(4)13(9)14/h7H,5-6H2,1-4H3. The summed E-state index contributed by atoms with van der Waals surface area (Å²) >= 11 is 6.15. The van der Waals surface area contributed by atoms with Crippen molar-refractivity contribution in [1.29, 1.82) is 0 Å². The van der Waals surface area contributed by atoms with Crippen LogP contribution in [0.2, 0.25) is 5.15 Å². The Morgan fingerprint density at radius 3 is 2.58 bits per heavy atom. The van der Waals surface area contributed by atoms with Crippen LogP contribution in [-0.4, -0.2) is 25.3 Å². The molecule has 0 aliphatic heterocycles. The Balaban J connectivity index is 2.30. The van der Waals surface area contributed by atoms with Gasteiger partial charge in [0.15, 0.2) is 5.78 Å². The number of carbonyl (C=O) groups excluding carboxylic acids is 1. The highest BCUT2D eigenvalue weighted by atomic mass is 35.5. The number of halogens is 1. The molecule has 0 amide bonds. The van der Waals surface area contributed by atoms with Crippen LogP contribution in [-0.2, 0) is 26.9 Å². The zero-order valence-electron chi connectivity index (χ0n) is 11.6. The number of rotatable bonds is 4. The van der Waals surface area contributed by atoms with Gasteiger partial charge >= 0.3 is 0 Å². The third kappa shape index (κ3) is 2.56. The van der Waals surface area contributed by atoms with E-state index in [9.17, 15) is 4.79 Å². The van der Waals surface area contributed by atoms with Crippen molar-refractivity contribution in [1.82, 2.24) is 19.6 Å². The smallest absolute Gasteiger partial charge is 0.170 e. The summed E-state index contributed by atoms with van der Waals surface area (Å²) in [5.41, 5.74) is 3.08. The number of Topliss-reactive ketones (excluding diaryl/α,β-unsaturated/α-hetero) is 1. The SMILES string of the molecule is CCc1nn(C)cc1C(=O)Cc1c(C)nn(C)c1Cl. The summed E-state index contributed by atoms with van der Waals surface area (Å²) in [6.45, 7) is 3.85. The van der Waals surface area contributed by atoms with Crippen molar-refractivity contribution in [2.75, 3.05) is 0 Å². The summed E-state index contributed by atoms with van der Waals surface area (Å²) in [5.74, 6) is 0.0305. The van der Waals surface area contributed by atoms with Crippen LogP contribution < -0.4 is 0 Å². The summed E-state index contributed by atoms with van der Waals surface area (Å²) in [6.07, 6.45) is 2.76. The maximum Gasteiger partial charge on any atom is 0.170 e. The highest BCUT2D eigenvalue weighted by molar-refractivity contribution is 6.30. The zero-order valence-corrected chi connectivity index (χ0v) is 12.3. The van der Waals surface area contributed by atoms with Crippen molar-refractivity contribution >= 4 is 17.4 Å². The van der Waals surface area contributed by atoms with E-state index in [0.29, 0.717) is 10.7 Å². The van der Waals surface area contributed by atoms with Crippen LogP contribution in [0.25, 0.3) is 0 Å². The molecule has 0 atom stereocenters. The Morgan fingerprint density at radius 1 is 1.37 bits per heavy atom.